The fourth-order valence-corrected chi connectivity index (χ4v) is 5.20. The second kappa shape index (κ2) is 15.0. The Bertz CT molecular complexity index is 348. The maximum Gasteiger partial charge on any atom is 0.363 e. The third-order valence-electron chi connectivity index (χ3n) is 3.63. The molecule has 1 unspecified atom stereocenters. The van der Waals surface area contributed by atoms with Crippen LogP contribution in [-0.2, 0) is 18.3 Å². The second-order valence-corrected chi connectivity index (χ2v) is 10.5. The summed E-state index contributed by atoms with van der Waals surface area (Å²) in [4.78, 5) is 0. The van der Waals surface area contributed by atoms with Crippen molar-refractivity contribution in [1.29, 1.82) is 0 Å². The van der Waals surface area contributed by atoms with E-state index in [1.807, 2.05) is 0 Å². The van der Waals surface area contributed by atoms with Crippen LogP contribution in [0.1, 0.15) is 78.6 Å². The van der Waals surface area contributed by atoms with Crippen LogP contribution in [0.15, 0.2) is 0 Å². The Kier molecular flexibility index (Phi) is 15.6. The lowest BCUT2D eigenvalue weighted by atomic mass is 10.3. The summed E-state index contributed by atoms with van der Waals surface area (Å²) < 4.78 is 28.4. The maximum absolute atomic E-state index is 13.3. The minimum Gasteiger partial charge on any atom is -0.361 e. The Morgan fingerprint density at radius 1 is 0.760 bits per heavy atom. The third kappa shape index (κ3) is 12.1. The molecule has 0 saturated heterocycles. The molecule has 1 atom stereocenters. The first-order valence-electron chi connectivity index (χ1n) is 9.38. The summed E-state index contributed by atoms with van der Waals surface area (Å²) in [5, 5.41) is 0. The predicted molar refractivity (Wildman–Crippen MR) is 108 cm³/mol. The van der Waals surface area contributed by atoms with Crippen LogP contribution in [0.4, 0.5) is 0 Å². The van der Waals surface area contributed by atoms with Crippen molar-refractivity contribution in [2.45, 2.75) is 88.2 Å². The first-order chi connectivity index (χ1) is 11.8. The molecule has 0 amide bonds. The van der Waals surface area contributed by atoms with Crippen LogP contribution in [0, 0.1) is 0 Å². The van der Waals surface area contributed by atoms with Crippen molar-refractivity contribution in [3.05, 3.63) is 0 Å². The number of rotatable bonds is 16. The van der Waals surface area contributed by atoms with Gasteiger partial charge >= 0.3 is 7.60 Å². The molecule has 0 N–H and O–H groups in total. The lowest BCUT2D eigenvalue weighted by Gasteiger charge is -2.31. The van der Waals surface area contributed by atoms with Gasteiger partial charge in [-0.25, -0.2) is 0 Å². The van der Waals surface area contributed by atoms with Gasteiger partial charge in [-0.05, 0) is 19.3 Å². The van der Waals surface area contributed by atoms with E-state index in [4.69, 9.17) is 48.6 Å². The molecule has 25 heavy (non-hydrogen) atoms. The van der Waals surface area contributed by atoms with Crippen LogP contribution in [0.3, 0.4) is 0 Å². The van der Waals surface area contributed by atoms with E-state index in [-0.39, 0.29) is 0 Å². The van der Waals surface area contributed by atoms with E-state index in [2.05, 4.69) is 20.8 Å². The highest BCUT2D eigenvalue weighted by Gasteiger charge is 2.50. The zero-order chi connectivity index (χ0) is 19.2. The summed E-state index contributed by atoms with van der Waals surface area (Å²) in [6.07, 6.45) is 8.42. The molecule has 4 nitrogen and oxygen atoms in total. The molecule has 0 fully saturated rings. The molecule has 0 rings (SSSR count). The number of ether oxygens (including phenoxy) is 1. The fourth-order valence-electron chi connectivity index (χ4n) is 2.17. The minimum atomic E-state index is -3.70. The second-order valence-electron chi connectivity index (χ2n) is 6.09. The van der Waals surface area contributed by atoms with Gasteiger partial charge in [0, 0.05) is 6.61 Å². The molecule has 0 aliphatic heterocycles. The van der Waals surface area contributed by atoms with Crippen LogP contribution in [-0.4, -0.2) is 29.5 Å². The topological polar surface area (TPSA) is 44.8 Å². The van der Waals surface area contributed by atoms with E-state index in [1.54, 1.807) is 0 Å². The molecule has 8 heteroatoms. The average Bonchev–Trinajstić information content (AvgIpc) is 2.54. The summed E-state index contributed by atoms with van der Waals surface area (Å²) in [7, 11) is -3.70. The standard InChI is InChI=1S/C17H34Cl3O4P/c1-4-7-10-13-22-16(17(18,19)20)25(21,23-14-11-8-5-2)24-15-12-9-6-3/h16H,4-15H2,1-3H3. The summed E-state index contributed by atoms with van der Waals surface area (Å²) in [6.45, 7) is 7.21. The zero-order valence-electron chi connectivity index (χ0n) is 15.8. The largest absolute Gasteiger partial charge is 0.363 e. The Hall–Kier alpha value is 0.980. The fraction of sp³-hybridized carbons (Fsp3) is 1.00. The Morgan fingerprint density at radius 2 is 1.16 bits per heavy atom. The van der Waals surface area contributed by atoms with Crippen molar-refractivity contribution in [2.75, 3.05) is 19.8 Å². The van der Waals surface area contributed by atoms with Crippen LogP contribution in [0.2, 0.25) is 0 Å². The molecule has 0 aliphatic rings. The molecule has 0 saturated carbocycles. The van der Waals surface area contributed by atoms with Crippen LogP contribution in [0.5, 0.6) is 0 Å². The molecular formula is C17H34Cl3O4P. The first kappa shape index (κ1) is 26.0. The Balaban J connectivity index is 4.97. The van der Waals surface area contributed by atoms with Crippen molar-refractivity contribution in [1.82, 2.24) is 0 Å². The van der Waals surface area contributed by atoms with Crippen molar-refractivity contribution in [3.8, 4) is 0 Å². The lowest BCUT2D eigenvalue weighted by molar-refractivity contribution is 0.0666. The SMILES string of the molecule is CCCCCOC(C(Cl)(Cl)Cl)P(=O)(OCCCCC)OCCCCC. The van der Waals surface area contributed by atoms with Gasteiger partial charge in [0.2, 0.25) is 9.64 Å². The average molecular weight is 440 g/mol. The van der Waals surface area contributed by atoms with Gasteiger partial charge in [0.1, 0.15) is 0 Å². The normalized spacial score (nSPS) is 14.0. The van der Waals surface area contributed by atoms with Crippen molar-refractivity contribution < 1.29 is 18.3 Å². The smallest absolute Gasteiger partial charge is 0.361 e. The van der Waals surface area contributed by atoms with E-state index in [0.29, 0.717) is 19.8 Å². The van der Waals surface area contributed by atoms with E-state index in [0.717, 1.165) is 57.8 Å². The van der Waals surface area contributed by atoms with Gasteiger partial charge < -0.3 is 13.8 Å². The molecule has 0 bridgehead atoms. The Morgan fingerprint density at radius 3 is 1.52 bits per heavy atom. The molecule has 0 spiro atoms. The van der Waals surface area contributed by atoms with Gasteiger partial charge in [-0.1, -0.05) is 94.1 Å². The summed E-state index contributed by atoms with van der Waals surface area (Å²) in [5.41, 5.74) is 0. The minimum absolute atomic E-state index is 0.300. The third-order valence-corrected chi connectivity index (χ3v) is 6.88. The van der Waals surface area contributed by atoms with Crippen LogP contribution < -0.4 is 0 Å². The summed E-state index contributed by atoms with van der Waals surface area (Å²) in [6, 6.07) is 0. The number of hydrogen-bond acceptors (Lipinski definition) is 4. The molecule has 0 radical (unpaired) electrons. The van der Waals surface area contributed by atoms with Gasteiger partial charge in [-0.2, -0.15) is 0 Å². The molecule has 0 aromatic heterocycles. The van der Waals surface area contributed by atoms with Crippen molar-refractivity contribution >= 4 is 42.4 Å². The molecule has 0 aromatic rings. The number of unbranched alkanes of at least 4 members (excludes halogenated alkanes) is 6. The molecule has 0 aliphatic carbocycles. The maximum atomic E-state index is 13.3. The van der Waals surface area contributed by atoms with Gasteiger partial charge in [0.15, 0.2) is 0 Å². The van der Waals surface area contributed by atoms with Crippen molar-refractivity contribution in [3.63, 3.8) is 0 Å². The quantitative estimate of drug-likeness (QED) is 0.142. The van der Waals surface area contributed by atoms with Crippen LogP contribution >= 0.6 is 42.4 Å². The summed E-state index contributed by atoms with van der Waals surface area (Å²) in [5.74, 6) is -1.22. The summed E-state index contributed by atoms with van der Waals surface area (Å²) >= 11 is 18.2. The lowest BCUT2D eigenvalue weighted by Crippen LogP contribution is -2.31. The van der Waals surface area contributed by atoms with Gasteiger partial charge in [-0.15, -0.1) is 0 Å². The van der Waals surface area contributed by atoms with E-state index in [1.165, 1.54) is 0 Å². The Labute approximate surface area is 168 Å². The van der Waals surface area contributed by atoms with Gasteiger partial charge in [0.05, 0.1) is 13.2 Å². The highest BCUT2D eigenvalue weighted by Crippen LogP contribution is 2.60. The van der Waals surface area contributed by atoms with E-state index >= 15 is 0 Å². The number of halogens is 3. The predicted octanol–water partition coefficient (Wildman–Crippen LogP) is 7.50. The van der Waals surface area contributed by atoms with Gasteiger partial charge in [0.25, 0.3) is 0 Å². The molecule has 0 heterocycles. The number of hydrogen-bond donors (Lipinski definition) is 0. The molecular weight excluding hydrogens is 406 g/mol. The molecule has 152 valence electrons. The highest BCUT2D eigenvalue weighted by molar-refractivity contribution is 7.55. The van der Waals surface area contributed by atoms with Crippen LogP contribution in [0.25, 0.3) is 0 Å². The van der Waals surface area contributed by atoms with E-state index < -0.39 is 17.2 Å². The van der Waals surface area contributed by atoms with Crippen molar-refractivity contribution in [2.24, 2.45) is 0 Å². The monoisotopic (exact) mass is 438 g/mol. The van der Waals surface area contributed by atoms with E-state index in [9.17, 15) is 4.57 Å². The first-order valence-corrected chi connectivity index (χ1v) is 12.1. The number of alkyl halides is 3. The highest BCUT2D eigenvalue weighted by atomic mass is 35.6. The molecule has 0 aromatic carbocycles. The zero-order valence-corrected chi connectivity index (χ0v) is 18.9. The van der Waals surface area contributed by atoms with Gasteiger partial charge in [-0.3, -0.25) is 4.57 Å².